The van der Waals surface area contributed by atoms with Crippen molar-refractivity contribution in [2.45, 2.75) is 59.3 Å². The minimum absolute atomic E-state index is 0.0928. The summed E-state index contributed by atoms with van der Waals surface area (Å²) in [6.45, 7) is 15.5. The fourth-order valence-electron chi connectivity index (χ4n) is 4.73. The van der Waals surface area contributed by atoms with Gasteiger partial charge in [0.05, 0.1) is 0 Å². The van der Waals surface area contributed by atoms with Crippen LogP contribution in [0.1, 0.15) is 58.1 Å². The van der Waals surface area contributed by atoms with Crippen LogP contribution in [0, 0.1) is 18.3 Å². The van der Waals surface area contributed by atoms with Gasteiger partial charge in [0, 0.05) is 5.41 Å². The number of hydrogen-bond acceptors (Lipinski definition) is 0. The Morgan fingerprint density at radius 1 is 1.17 bits per heavy atom. The highest BCUT2D eigenvalue weighted by Crippen LogP contribution is 2.54. The molecule has 0 radical (unpaired) electrons. The van der Waals surface area contributed by atoms with Crippen LogP contribution >= 0.6 is 0 Å². The van der Waals surface area contributed by atoms with Crippen molar-refractivity contribution in [2.24, 2.45) is 11.3 Å². The lowest BCUT2D eigenvalue weighted by molar-refractivity contribution is 0.126. The van der Waals surface area contributed by atoms with Crippen LogP contribution in [0.3, 0.4) is 0 Å². The standard InChI is InChI=1S/C23H32/c1-7-9-20(10-8-2)23(21-13-11-18(3)12-14-21)16-19(4)15-22(5,6)17-23/h7-14,19H,1,15-17H2,2-6H3/b10-8-,20-9+. The Bertz CT molecular complexity index is 597. The molecular formula is C23H32. The summed E-state index contributed by atoms with van der Waals surface area (Å²) in [7, 11) is 0. The van der Waals surface area contributed by atoms with Crippen molar-refractivity contribution in [2.75, 3.05) is 0 Å². The largest absolute Gasteiger partial charge is 0.0991 e. The minimum Gasteiger partial charge on any atom is -0.0991 e. The third kappa shape index (κ3) is 3.86. The van der Waals surface area contributed by atoms with Crippen molar-refractivity contribution in [3.8, 4) is 0 Å². The maximum absolute atomic E-state index is 3.96. The molecule has 1 aliphatic carbocycles. The van der Waals surface area contributed by atoms with Crippen LogP contribution in [-0.2, 0) is 5.41 Å². The van der Waals surface area contributed by atoms with Crippen LogP contribution in [0.2, 0.25) is 0 Å². The van der Waals surface area contributed by atoms with E-state index in [2.05, 4.69) is 83.7 Å². The molecule has 2 unspecified atom stereocenters. The molecule has 1 aliphatic rings. The topological polar surface area (TPSA) is 0 Å². The number of benzene rings is 1. The molecule has 23 heavy (non-hydrogen) atoms. The summed E-state index contributed by atoms with van der Waals surface area (Å²) < 4.78 is 0. The van der Waals surface area contributed by atoms with Gasteiger partial charge >= 0.3 is 0 Å². The first kappa shape index (κ1) is 17.8. The van der Waals surface area contributed by atoms with Crippen molar-refractivity contribution in [3.63, 3.8) is 0 Å². The van der Waals surface area contributed by atoms with Crippen LogP contribution in [0.4, 0.5) is 0 Å². The second-order valence-electron chi connectivity index (χ2n) is 8.16. The maximum atomic E-state index is 3.96. The van der Waals surface area contributed by atoms with Crippen LogP contribution in [0.5, 0.6) is 0 Å². The van der Waals surface area contributed by atoms with E-state index in [1.54, 1.807) is 0 Å². The molecule has 1 aromatic rings. The van der Waals surface area contributed by atoms with E-state index in [1.807, 2.05) is 6.08 Å². The lowest BCUT2D eigenvalue weighted by Crippen LogP contribution is -2.41. The average Bonchev–Trinajstić information content (AvgIpc) is 2.45. The molecule has 0 heterocycles. The van der Waals surface area contributed by atoms with Gasteiger partial charge in [-0.05, 0) is 55.6 Å². The fourth-order valence-corrected chi connectivity index (χ4v) is 4.73. The molecule has 124 valence electrons. The molecule has 2 atom stereocenters. The molecule has 0 aromatic heterocycles. The van der Waals surface area contributed by atoms with Crippen LogP contribution in [0.15, 0.2) is 60.7 Å². The number of allylic oxidation sites excluding steroid dienone is 5. The van der Waals surface area contributed by atoms with Crippen molar-refractivity contribution in [1.82, 2.24) is 0 Å². The van der Waals surface area contributed by atoms with Crippen molar-refractivity contribution < 1.29 is 0 Å². The Hall–Kier alpha value is -1.56. The number of rotatable bonds is 4. The summed E-state index contributed by atoms with van der Waals surface area (Å²) in [6, 6.07) is 9.18. The van der Waals surface area contributed by atoms with Crippen molar-refractivity contribution in [1.29, 1.82) is 0 Å². The monoisotopic (exact) mass is 308 g/mol. The summed E-state index contributed by atoms with van der Waals surface area (Å²) in [6.07, 6.45) is 12.3. The molecule has 1 saturated carbocycles. The van der Waals surface area contributed by atoms with Crippen molar-refractivity contribution >= 4 is 0 Å². The Balaban J connectivity index is 2.65. The van der Waals surface area contributed by atoms with E-state index in [0.29, 0.717) is 5.41 Å². The summed E-state index contributed by atoms with van der Waals surface area (Å²) in [4.78, 5) is 0. The molecule has 0 saturated heterocycles. The summed E-state index contributed by atoms with van der Waals surface area (Å²) in [5.74, 6) is 0.721. The molecule has 1 aromatic carbocycles. The van der Waals surface area contributed by atoms with Crippen LogP contribution in [0.25, 0.3) is 0 Å². The van der Waals surface area contributed by atoms with Crippen molar-refractivity contribution in [3.05, 3.63) is 71.8 Å². The Labute approximate surface area is 143 Å². The van der Waals surface area contributed by atoms with E-state index in [4.69, 9.17) is 0 Å². The first-order valence-corrected chi connectivity index (χ1v) is 8.86. The Morgan fingerprint density at radius 3 is 2.35 bits per heavy atom. The van der Waals surface area contributed by atoms with E-state index in [9.17, 15) is 0 Å². The average molecular weight is 309 g/mol. The predicted molar refractivity (Wildman–Crippen MR) is 103 cm³/mol. The first-order chi connectivity index (χ1) is 10.8. The van der Waals surface area contributed by atoms with Crippen LogP contribution < -0.4 is 0 Å². The minimum atomic E-state index is 0.0928. The van der Waals surface area contributed by atoms with Gasteiger partial charge in [-0.3, -0.25) is 0 Å². The van der Waals surface area contributed by atoms with Gasteiger partial charge < -0.3 is 0 Å². The van der Waals surface area contributed by atoms with E-state index >= 15 is 0 Å². The maximum Gasteiger partial charge on any atom is 0.0210 e. The molecule has 0 spiro atoms. The molecular weight excluding hydrogens is 276 g/mol. The van der Waals surface area contributed by atoms with E-state index in [1.165, 1.54) is 36.0 Å². The lowest BCUT2D eigenvalue weighted by Gasteiger charge is -2.49. The first-order valence-electron chi connectivity index (χ1n) is 8.86. The highest BCUT2D eigenvalue weighted by Gasteiger charge is 2.45. The molecule has 0 heteroatoms. The highest BCUT2D eigenvalue weighted by atomic mass is 14.5. The zero-order chi connectivity index (χ0) is 17.1. The van der Waals surface area contributed by atoms with Gasteiger partial charge in [0.2, 0.25) is 0 Å². The molecule has 1 fully saturated rings. The third-order valence-corrected chi connectivity index (χ3v) is 5.18. The SMILES string of the molecule is C=C/C=C(\C=C/C)C1(c2ccc(C)cc2)CC(C)CC(C)(C)C1. The van der Waals surface area contributed by atoms with Gasteiger partial charge in [0.25, 0.3) is 0 Å². The second-order valence-corrected chi connectivity index (χ2v) is 8.16. The smallest absolute Gasteiger partial charge is 0.0210 e. The van der Waals surface area contributed by atoms with Crippen LogP contribution in [-0.4, -0.2) is 0 Å². The van der Waals surface area contributed by atoms with Gasteiger partial charge in [-0.25, -0.2) is 0 Å². The molecule has 0 bridgehead atoms. The van der Waals surface area contributed by atoms with Gasteiger partial charge in [-0.15, -0.1) is 0 Å². The normalized spacial score (nSPS) is 28.0. The highest BCUT2D eigenvalue weighted by molar-refractivity contribution is 5.45. The summed E-state index contributed by atoms with van der Waals surface area (Å²) in [5.41, 5.74) is 4.62. The predicted octanol–water partition coefficient (Wildman–Crippen LogP) is 6.77. The zero-order valence-electron chi connectivity index (χ0n) is 15.5. The van der Waals surface area contributed by atoms with Gasteiger partial charge in [-0.2, -0.15) is 0 Å². The molecule has 0 nitrogen and oxygen atoms in total. The second kappa shape index (κ2) is 6.91. The number of aryl methyl sites for hydroxylation is 1. The molecule has 0 N–H and O–H groups in total. The van der Waals surface area contributed by atoms with Gasteiger partial charge in [0.15, 0.2) is 0 Å². The quantitative estimate of drug-likeness (QED) is 0.538. The van der Waals surface area contributed by atoms with E-state index in [-0.39, 0.29) is 5.41 Å². The molecule has 2 rings (SSSR count). The molecule has 0 aliphatic heterocycles. The number of hydrogen-bond donors (Lipinski definition) is 0. The van der Waals surface area contributed by atoms with Gasteiger partial charge in [0.1, 0.15) is 0 Å². The van der Waals surface area contributed by atoms with Gasteiger partial charge in [-0.1, -0.05) is 81.5 Å². The fraction of sp³-hybridized carbons (Fsp3) is 0.478. The summed E-state index contributed by atoms with van der Waals surface area (Å²) in [5, 5.41) is 0. The Morgan fingerprint density at radius 2 is 1.83 bits per heavy atom. The summed E-state index contributed by atoms with van der Waals surface area (Å²) >= 11 is 0. The molecule has 0 amide bonds. The van der Waals surface area contributed by atoms with E-state index in [0.717, 1.165) is 5.92 Å². The third-order valence-electron chi connectivity index (χ3n) is 5.18. The lowest BCUT2D eigenvalue weighted by atomic mass is 9.55. The van der Waals surface area contributed by atoms with E-state index < -0.39 is 0 Å². The zero-order valence-corrected chi connectivity index (χ0v) is 15.5. The Kier molecular flexibility index (Phi) is 5.34.